The number of aliphatic carboxylic acids is 1. The number of rotatable bonds is 17. The van der Waals surface area contributed by atoms with Crippen LogP contribution in [0, 0.1) is 6.92 Å². The van der Waals surface area contributed by atoms with Gasteiger partial charge in [-0.2, -0.15) is 0 Å². The molecule has 10 heteroatoms. The third-order valence-electron chi connectivity index (χ3n) is 6.18. The smallest absolute Gasteiger partial charge is 0.303 e. The number of carboxylic acids is 1. The van der Waals surface area contributed by atoms with Crippen LogP contribution in [0.3, 0.4) is 0 Å². The van der Waals surface area contributed by atoms with Crippen LogP contribution in [0.5, 0.6) is 5.75 Å². The van der Waals surface area contributed by atoms with Gasteiger partial charge in [0.25, 0.3) is 0 Å². The monoisotopic (exact) mass is 540 g/mol. The van der Waals surface area contributed by atoms with Crippen LogP contribution < -0.4 is 26.4 Å². The highest BCUT2D eigenvalue weighted by Gasteiger charge is 2.26. The van der Waals surface area contributed by atoms with Crippen LogP contribution in [0.1, 0.15) is 55.7 Å². The van der Waals surface area contributed by atoms with Gasteiger partial charge in [0.2, 0.25) is 17.7 Å². The second kappa shape index (κ2) is 16.8. The van der Waals surface area contributed by atoms with Crippen LogP contribution in [0.4, 0.5) is 0 Å². The second-order valence-electron chi connectivity index (χ2n) is 9.42. The molecule has 0 aliphatic heterocycles. The zero-order valence-electron chi connectivity index (χ0n) is 22.7. The van der Waals surface area contributed by atoms with E-state index in [1.54, 1.807) is 0 Å². The van der Waals surface area contributed by atoms with Gasteiger partial charge in [-0.05, 0) is 74.4 Å². The number of aryl methyl sites for hydroxylation is 2. The molecule has 3 amide bonds. The quantitative estimate of drug-likeness (QED) is 0.192. The first-order chi connectivity index (χ1) is 18.7. The Labute approximate surface area is 229 Å². The molecule has 0 saturated carbocycles. The molecule has 0 bridgehead atoms. The molecule has 0 spiro atoms. The number of ether oxygens (including phenoxy) is 1. The summed E-state index contributed by atoms with van der Waals surface area (Å²) >= 11 is 0. The molecule has 39 heavy (non-hydrogen) atoms. The molecular formula is C29H40N4O6. The zero-order valence-corrected chi connectivity index (χ0v) is 22.7. The van der Waals surface area contributed by atoms with Crippen molar-refractivity contribution in [1.29, 1.82) is 0 Å². The molecule has 0 radical (unpaired) electrons. The number of benzene rings is 2. The van der Waals surface area contributed by atoms with E-state index in [2.05, 4.69) is 16.0 Å². The Morgan fingerprint density at radius 1 is 0.949 bits per heavy atom. The average molecular weight is 541 g/mol. The largest absolute Gasteiger partial charge is 0.494 e. The maximum atomic E-state index is 13.3. The van der Waals surface area contributed by atoms with Gasteiger partial charge < -0.3 is 31.5 Å². The Kier molecular flexibility index (Phi) is 13.5. The van der Waals surface area contributed by atoms with Gasteiger partial charge in [0.05, 0.1) is 6.61 Å². The lowest BCUT2D eigenvalue weighted by atomic mass is 10.0. The number of carbonyl (C=O) groups is 4. The summed E-state index contributed by atoms with van der Waals surface area (Å²) in [4.78, 5) is 48.9. The topological polar surface area (TPSA) is 160 Å². The number of amides is 3. The fourth-order valence-corrected chi connectivity index (χ4v) is 3.95. The van der Waals surface area contributed by atoms with Gasteiger partial charge in [0.15, 0.2) is 0 Å². The summed E-state index contributed by atoms with van der Waals surface area (Å²) in [5.41, 5.74) is 8.39. The number of nitrogens with two attached hydrogens (primary N) is 1. The van der Waals surface area contributed by atoms with Gasteiger partial charge in [-0.25, -0.2) is 0 Å². The third kappa shape index (κ3) is 12.0. The SMILES string of the molecule is CC(=O)NC(CCC(=O)O)C(=O)NC(CCc1ccccc1)C(=O)NCc1cc(OCCCCN)ccc1C. The Hall–Kier alpha value is -3.92. The summed E-state index contributed by atoms with van der Waals surface area (Å²) in [6, 6.07) is 13.3. The molecular weight excluding hydrogens is 500 g/mol. The van der Waals surface area contributed by atoms with Gasteiger partial charge in [-0.1, -0.05) is 36.4 Å². The van der Waals surface area contributed by atoms with Crippen molar-refractivity contribution in [3.63, 3.8) is 0 Å². The highest BCUT2D eigenvalue weighted by Crippen LogP contribution is 2.18. The molecule has 0 heterocycles. The van der Waals surface area contributed by atoms with E-state index in [4.69, 9.17) is 15.6 Å². The zero-order chi connectivity index (χ0) is 28.6. The van der Waals surface area contributed by atoms with Crippen molar-refractivity contribution in [1.82, 2.24) is 16.0 Å². The van der Waals surface area contributed by atoms with Crippen LogP contribution in [0.25, 0.3) is 0 Å². The van der Waals surface area contributed by atoms with Crippen molar-refractivity contribution in [2.45, 2.75) is 71.0 Å². The molecule has 0 fully saturated rings. The molecule has 10 nitrogen and oxygen atoms in total. The summed E-state index contributed by atoms with van der Waals surface area (Å²) in [6.07, 6.45) is 2.18. The highest BCUT2D eigenvalue weighted by atomic mass is 16.5. The molecule has 6 N–H and O–H groups in total. The fraction of sp³-hybridized carbons (Fsp3) is 0.448. The number of nitrogens with one attached hydrogen (secondary N) is 3. The van der Waals surface area contributed by atoms with Crippen molar-refractivity contribution >= 4 is 23.7 Å². The molecule has 2 rings (SSSR count). The lowest BCUT2D eigenvalue weighted by molar-refractivity contribution is -0.138. The van der Waals surface area contributed by atoms with Crippen LogP contribution in [-0.2, 0) is 32.1 Å². The van der Waals surface area contributed by atoms with E-state index >= 15 is 0 Å². The van der Waals surface area contributed by atoms with Crippen molar-refractivity contribution in [3.8, 4) is 5.75 Å². The van der Waals surface area contributed by atoms with E-state index in [1.165, 1.54) is 6.92 Å². The predicted molar refractivity (Wildman–Crippen MR) is 148 cm³/mol. The third-order valence-corrected chi connectivity index (χ3v) is 6.18. The first kappa shape index (κ1) is 31.3. The van der Waals surface area contributed by atoms with E-state index in [-0.39, 0.29) is 25.3 Å². The number of carboxylic acid groups (broad SMARTS) is 1. The highest BCUT2D eigenvalue weighted by molar-refractivity contribution is 5.92. The van der Waals surface area contributed by atoms with E-state index in [9.17, 15) is 19.2 Å². The normalized spacial score (nSPS) is 12.2. The van der Waals surface area contributed by atoms with Gasteiger partial charge >= 0.3 is 5.97 Å². The van der Waals surface area contributed by atoms with Crippen LogP contribution in [0.2, 0.25) is 0 Å². The minimum atomic E-state index is -1.09. The minimum Gasteiger partial charge on any atom is -0.494 e. The standard InChI is InChI=1S/C29H40N4O6/c1-20-10-12-24(39-17-7-6-16-30)18-23(20)19-31-28(37)25(13-11-22-8-4-3-5-9-22)33-29(38)26(32-21(2)34)14-15-27(35)36/h3-5,8-10,12,18,25-26H,6-7,11,13-17,19,30H2,1-2H3,(H,31,37)(H,32,34)(H,33,38)(H,35,36). The number of hydrogen-bond acceptors (Lipinski definition) is 6. The van der Waals surface area contributed by atoms with Gasteiger partial charge in [0.1, 0.15) is 17.8 Å². The first-order valence-corrected chi connectivity index (χ1v) is 13.2. The molecule has 0 aliphatic carbocycles. The average Bonchev–Trinajstić information content (AvgIpc) is 2.91. The summed E-state index contributed by atoms with van der Waals surface area (Å²) in [6.45, 7) is 4.59. The van der Waals surface area contributed by atoms with Gasteiger partial charge in [-0.3, -0.25) is 19.2 Å². The van der Waals surface area contributed by atoms with Crippen LogP contribution >= 0.6 is 0 Å². The first-order valence-electron chi connectivity index (χ1n) is 13.2. The maximum absolute atomic E-state index is 13.3. The Balaban J connectivity index is 2.11. The summed E-state index contributed by atoms with van der Waals surface area (Å²) in [5.74, 6) is -1.84. The number of carbonyl (C=O) groups excluding carboxylic acids is 3. The summed E-state index contributed by atoms with van der Waals surface area (Å²) in [7, 11) is 0. The van der Waals surface area contributed by atoms with Crippen molar-refractivity contribution in [2.24, 2.45) is 5.73 Å². The van der Waals surface area contributed by atoms with Gasteiger partial charge in [-0.15, -0.1) is 0 Å². The van der Waals surface area contributed by atoms with Gasteiger partial charge in [0, 0.05) is 19.9 Å². The molecule has 2 unspecified atom stereocenters. The number of unbranched alkanes of at least 4 members (excludes halogenated alkanes) is 1. The summed E-state index contributed by atoms with van der Waals surface area (Å²) in [5, 5.41) is 17.1. The molecule has 2 aromatic carbocycles. The molecule has 212 valence electrons. The van der Waals surface area contributed by atoms with Crippen LogP contribution in [-0.4, -0.2) is 54.0 Å². The lowest BCUT2D eigenvalue weighted by Gasteiger charge is -2.23. The number of hydrogen-bond donors (Lipinski definition) is 5. The predicted octanol–water partition coefficient (Wildman–Crippen LogP) is 2.22. The Morgan fingerprint density at radius 2 is 1.67 bits per heavy atom. The molecule has 2 aromatic rings. The summed E-state index contributed by atoms with van der Waals surface area (Å²) < 4.78 is 5.79. The molecule has 0 aromatic heterocycles. The van der Waals surface area contributed by atoms with Crippen LogP contribution in [0.15, 0.2) is 48.5 Å². The Bertz CT molecular complexity index is 1090. The maximum Gasteiger partial charge on any atom is 0.303 e. The Morgan fingerprint density at radius 3 is 2.33 bits per heavy atom. The van der Waals surface area contributed by atoms with E-state index in [0.717, 1.165) is 29.5 Å². The van der Waals surface area contributed by atoms with Crippen molar-refractivity contribution < 1.29 is 29.0 Å². The van der Waals surface area contributed by atoms with Crippen molar-refractivity contribution in [3.05, 3.63) is 65.2 Å². The fourth-order valence-electron chi connectivity index (χ4n) is 3.95. The van der Waals surface area contributed by atoms with E-state index in [0.29, 0.717) is 31.7 Å². The van der Waals surface area contributed by atoms with Crippen molar-refractivity contribution in [2.75, 3.05) is 13.2 Å². The molecule has 0 saturated heterocycles. The minimum absolute atomic E-state index is 0.0922. The van der Waals surface area contributed by atoms with E-state index in [1.807, 2.05) is 55.5 Å². The molecule has 2 atom stereocenters. The van der Waals surface area contributed by atoms with E-state index < -0.39 is 29.9 Å². The second-order valence-corrected chi connectivity index (χ2v) is 9.42. The molecule has 0 aliphatic rings. The lowest BCUT2D eigenvalue weighted by Crippen LogP contribution is -2.53.